The molecular weight excluding hydrogens is 208 g/mol. The van der Waals surface area contributed by atoms with Gasteiger partial charge in [-0.2, -0.15) is 0 Å². The summed E-state index contributed by atoms with van der Waals surface area (Å²) in [6.07, 6.45) is 2.65. The van der Waals surface area contributed by atoms with Crippen LogP contribution in [0.25, 0.3) is 0 Å². The molecule has 0 unspecified atom stereocenters. The Kier molecular flexibility index (Phi) is 2.87. The van der Waals surface area contributed by atoms with Crippen molar-refractivity contribution in [1.29, 1.82) is 0 Å². The normalized spacial score (nSPS) is 10.4. The highest BCUT2D eigenvalue weighted by molar-refractivity contribution is 7.09. The summed E-state index contributed by atoms with van der Waals surface area (Å²) < 4.78 is 1.65. The number of anilines is 1. The molecule has 0 aliphatic rings. The first-order valence-electron chi connectivity index (χ1n) is 4.74. The number of pyridine rings is 1. The lowest BCUT2D eigenvalue weighted by Gasteiger charge is -2.04. The molecule has 2 N–H and O–H groups in total. The fourth-order valence-corrected chi connectivity index (χ4v) is 2.12. The minimum atomic E-state index is -0.103. The molecule has 0 aliphatic carbocycles. The number of rotatable bonds is 3. The molecule has 0 bridgehead atoms. The topological polar surface area (TPSA) is 48.0 Å². The van der Waals surface area contributed by atoms with E-state index in [9.17, 15) is 4.79 Å². The number of aromatic nitrogens is 1. The van der Waals surface area contributed by atoms with E-state index in [0.717, 1.165) is 6.42 Å². The third kappa shape index (κ3) is 2.27. The van der Waals surface area contributed by atoms with Crippen molar-refractivity contribution in [3.05, 3.63) is 51.1 Å². The summed E-state index contributed by atoms with van der Waals surface area (Å²) in [4.78, 5) is 12.9. The number of nitrogens with zero attached hydrogens (tertiary/aromatic N) is 1. The van der Waals surface area contributed by atoms with Gasteiger partial charge in [0.05, 0.1) is 5.69 Å². The Morgan fingerprint density at radius 2 is 2.20 bits per heavy atom. The van der Waals surface area contributed by atoms with Gasteiger partial charge < -0.3 is 10.3 Å². The third-order valence-electron chi connectivity index (χ3n) is 2.23. The average Bonchev–Trinajstić information content (AvgIpc) is 2.73. The molecule has 2 aromatic rings. The minimum absolute atomic E-state index is 0.103. The molecule has 2 rings (SSSR count). The zero-order valence-corrected chi connectivity index (χ0v) is 9.04. The predicted molar refractivity (Wildman–Crippen MR) is 63.1 cm³/mol. The highest BCUT2D eigenvalue weighted by atomic mass is 32.1. The lowest BCUT2D eigenvalue weighted by atomic mass is 10.3. The van der Waals surface area contributed by atoms with Crippen molar-refractivity contribution in [2.24, 2.45) is 0 Å². The van der Waals surface area contributed by atoms with E-state index < -0.39 is 0 Å². The third-order valence-corrected chi connectivity index (χ3v) is 3.16. The molecule has 4 heteroatoms. The summed E-state index contributed by atoms with van der Waals surface area (Å²) in [5.41, 5.74) is 5.75. The summed E-state index contributed by atoms with van der Waals surface area (Å²) in [5.74, 6) is 0. The zero-order valence-electron chi connectivity index (χ0n) is 8.22. The number of nitrogens with two attached hydrogens (primary N) is 1. The maximum absolute atomic E-state index is 11.6. The van der Waals surface area contributed by atoms with Crippen LogP contribution in [-0.2, 0) is 13.0 Å². The Balaban J connectivity index is 2.12. The Labute approximate surface area is 91.8 Å². The maximum Gasteiger partial charge on any atom is 0.273 e. The molecule has 0 fully saturated rings. The molecule has 0 atom stereocenters. The van der Waals surface area contributed by atoms with Crippen LogP contribution >= 0.6 is 11.3 Å². The van der Waals surface area contributed by atoms with Crippen LogP contribution in [-0.4, -0.2) is 4.57 Å². The molecule has 2 heterocycles. The lowest BCUT2D eigenvalue weighted by molar-refractivity contribution is 0.676. The van der Waals surface area contributed by atoms with Crippen molar-refractivity contribution in [1.82, 2.24) is 4.57 Å². The van der Waals surface area contributed by atoms with E-state index >= 15 is 0 Å². The summed E-state index contributed by atoms with van der Waals surface area (Å²) in [7, 11) is 0. The van der Waals surface area contributed by atoms with Gasteiger partial charge >= 0.3 is 0 Å². The second-order valence-electron chi connectivity index (χ2n) is 3.29. The van der Waals surface area contributed by atoms with Gasteiger partial charge in [-0.25, -0.2) is 0 Å². The van der Waals surface area contributed by atoms with Gasteiger partial charge in [-0.1, -0.05) is 6.07 Å². The molecule has 0 amide bonds. The van der Waals surface area contributed by atoms with Gasteiger partial charge in [0.25, 0.3) is 5.56 Å². The molecule has 3 nitrogen and oxygen atoms in total. The van der Waals surface area contributed by atoms with Gasteiger partial charge in [0.1, 0.15) is 0 Å². The van der Waals surface area contributed by atoms with Crippen LogP contribution in [0.15, 0.2) is 40.6 Å². The molecule has 0 aromatic carbocycles. The molecule has 2 aromatic heterocycles. The highest BCUT2D eigenvalue weighted by Crippen LogP contribution is 2.09. The predicted octanol–water partition coefficient (Wildman–Crippen LogP) is 1.73. The monoisotopic (exact) mass is 220 g/mol. The molecule has 0 spiro atoms. The lowest BCUT2D eigenvalue weighted by Crippen LogP contribution is -2.22. The second kappa shape index (κ2) is 4.31. The summed E-state index contributed by atoms with van der Waals surface area (Å²) in [5, 5.41) is 2.04. The fraction of sp³-hybridized carbons (Fsp3) is 0.182. The smallest absolute Gasteiger partial charge is 0.273 e. The number of aryl methyl sites for hydroxylation is 2. The van der Waals surface area contributed by atoms with Crippen LogP contribution in [0.4, 0.5) is 5.69 Å². The molecule has 0 saturated heterocycles. The van der Waals surface area contributed by atoms with Crippen molar-refractivity contribution in [2.75, 3.05) is 5.73 Å². The molecule has 0 saturated carbocycles. The Hall–Kier alpha value is -1.55. The standard InChI is InChI=1S/C11H12N2OS/c12-10-4-1-6-13(11(10)14)7-5-9-3-2-8-15-9/h1-4,6,8H,5,7,12H2. The van der Waals surface area contributed by atoms with Gasteiger partial charge in [-0.3, -0.25) is 4.79 Å². The molecule has 0 aliphatic heterocycles. The number of thiophene rings is 1. The zero-order chi connectivity index (χ0) is 10.7. The molecule has 0 radical (unpaired) electrons. The highest BCUT2D eigenvalue weighted by Gasteiger charge is 1.99. The van der Waals surface area contributed by atoms with Gasteiger partial charge in [0.15, 0.2) is 0 Å². The van der Waals surface area contributed by atoms with E-state index in [-0.39, 0.29) is 5.56 Å². The minimum Gasteiger partial charge on any atom is -0.394 e. The van der Waals surface area contributed by atoms with E-state index in [2.05, 4.69) is 6.07 Å². The summed E-state index contributed by atoms with van der Waals surface area (Å²) in [6.45, 7) is 0.685. The van der Waals surface area contributed by atoms with Crippen molar-refractivity contribution in [3.63, 3.8) is 0 Å². The Morgan fingerprint density at radius 3 is 2.93 bits per heavy atom. The fourth-order valence-electron chi connectivity index (χ4n) is 1.42. The van der Waals surface area contributed by atoms with E-state index in [4.69, 9.17) is 5.73 Å². The van der Waals surface area contributed by atoms with Crippen molar-refractivity contribution < 1.29 is 0 Å². The van der Waals surface area contributed by atoms with E-state index in [0.29, 0.717) is 12.2 Å². The molecule has 78 valence electrons. The molecular formula is C11H12N2OS. The quantitative estimate of drug-likeness (QED) is 0.856. The Morgan fingerprint density at radius 1 is 1.33 bits per heavy atom. The van der Waals surface area contributed by atoms with E-state index in [1.807, 2.05) is 11.4 Å². The van der Waals surface area contributed by atoms with Crippen LogP contribution in [0.2, 0.25) is 0 Å². The molecule has 15 heavy (non-hydrogen) atoms. The van der Waals surface area contributed by atoms with Crippen molar-refractivity contribution in [3.8, 4) is 0 Å². The summed E-state index contributed by atoms with van der Waals surface area (Å²) in [6, 6.07) is 7.51. The number of hydrogen-bond donors (Lipinski definition) is 1. The van der Waals surface area contributed by atoms with Gasteiger partial charge in [-0.05, 0) is 30.0 Å². The Bertz CT molecular complexity index is 488. The summed E-state index contributed by atoms with van der Waals surface area (Å²) >= 11 is 1.71. The average molecular weight is 220 g/mol. The van der Waals surface area contributed by atoms with Crippen LogP contribution < -0.4 is 11.3 Å². The number of nitrogen functional groups attached to an aromatic ring is 1. The van der Waals surface area contributed by atoms with Crippen LogP contribution in [0.3, 0.4) is 0 Å². The van der Waals surface area contributed by atoms with Gasteiger partial charge in [0.2, 0.25) is 0 Å². The second-order valence-corrected chi connectivity index (χ2v) is 4.32. The first-order valence-corrected chi connectivity index (χ1v) is 5.62. The first-order chi connectivity index (χ1) is 7.27. The van der Waals surface area contributed by atoms with Gasteiger partial charge in [0, 0.05) is 17.6 Å². The van der Waals surface area contributed by atoms with Crippen LogP contribution in [0.5, 0.6) is 0 Å². The number of hydrogen-bond acceptors (Lipinski definition) is 3. The van der Waals surface area contributed by atoms with Gasteiger partial charge in [-0.15, -0.1) is 11.3 Å². The van der Waals surface area contributed by atoms with E-state index in [1.54, 1.807) is 34.2 Å². The van der Waals surface area contributed by atoms with Crippen LogP contribution in [0.1, 0.15) is 4.88 Å². The van der Waals surface area contributed by atoms with Crippen molar-refractivity contribution in [2.45, 2.75) is 13.0 Å². The maximum atomic E-state index is 11.6. The van der Waals surface area contributed by atoms with Crippen LogP contribution in [0, 0.1) is 0 Å². The van der Waals surface area contributed by atoms with Crippen molar-refractivity contribution >= 4 is 17.0 Å². The SMILES string of the molecule is Nc1cccn(CCc2cccs2)c1=O. The van der Waals surface area contributed by atoms with E-state index in [1.165, 1.54) is 4.88 Å². The largest absolute Gasteiger partial charge is 0.394 e. The first kappa shape index (κ1) is 9.98.